The van der Waals surface area contributed by atoms with E-state index in [9.17, 15) is 4.79 Å². The molecule has 0 aromatic heterocycles. The van der Waals surface area contributed by atoms with Gasteiger partial charge in [0.15, 0.2) is 0 Å². The molecule has 1 saturated heterocycles. The van der Waals surface area contributed by atoms with E-state index in [4.69, 9.17) is 0 Å². The van der Waals surface area contributed by atoms with Gasteiger partial charge in [0.05, 0.1) is 0 Å². The molecule has 0 N–H and O–H groups in total. The third-order valence-corrected chi connectivity index (χ3v) is 4.60. The molecule has 1 fully saturated rings. The molecule has 3 heteroatoms. The number of hydrogen-bond acceptors (Lipinski definition) is 1. The molecule has 2 nitrogen and oxygen atoms in total. The zero-order valence-electron chi connectivity index (χ0n) is 10.8. The minimum absolute atomic E-state index is 0.0846. The fourth-order valence-electron chi connectivity index (χ4n) is 2.57. The van der Waals surface area contributed by atoms with Gasteiger partial charge in [0.1, 0.15) is 0 Å². The number of likely N-dealkylation sites (tertiary alicyclic amines) is 1. The largest absolute Gasteiger partial charge is 0.339 e. The lowest BCUT2D eigenvalue weighted by molar-refractivity contribution is -0.135. The lowest BCUT2D eigenvalue weighted by atomic mass is 10.0. The molecule has 1 aliphatic rings. The van der Waals surface area contributed by atoms with Crippen molar-refractivity contribution in [3.05, 3.63) is 35.9 Å². The van der Waals surface area contributed by atoms with Gasteiger partial charge in [-0.1, -0.05) is 53.2 Å². The average molecular weight is 310 g/mol. The second kappa shape index (κ2) is 6.37. The molecule has 1 aromatic carbocycles. The predicted molar refractivity (Wildman–Crippen MR) is 77.8 cm³/mol. The third kappa shape index (κ3) is 3.14. The number of amides is 1. The summed E-state index contributed by atoms with van der Waals surface area (Å²) in [7, 11) is 0. The summed E-state index contributed by atoms with van der Waals surface area (Å²) in [5.74, 6) is 0.381. The van der Waals surface area contributed by atoms with Crippen molar-refractivity contribution in [1.82, 2.24) is 4.90 Å². The topological polar surface area (TPSA) is 20.3 Å². The Labute approximate surface area is 117 Å². The van der Waals surface area contributed by atoms with Crippen molar-refractivity contribution in [2.75, 3.05) is 11.9 Å². The van der Waals surface area contributed by atoms with Crippen molar-refractivity contribution in [2.24, 2.45) is 5.92 Å². The molecular formula is C15H20BrNO. The van der Waals surface area contributed by atoms with Gasteiger partial charge >= 0.3 is 0 Å². The monoisotopic (exact) mass is 309 g/mol. The first-order chi connectivity index (χ1) is 8.72. The highest BCUT2D eigenvalue weighted by atomic mass is 79.9. The van der Waals surface area contributed by atoms with E-state index in [0.29, 0.717) is 11.9 Å². The van der Waals surface area contributed by atoms with Crippen LogP contribution in [0.3, 0.4) is 0 Å². The fourth-order valence-corrected chi connectivity index (χ4v) is 2.85. The van der Waals surface area contributed by atoms with Crippen molar-refractivity contribution >= 4 is 21.8 Å². The second-order valence-electron chi connectivity index (χ2n) is 5.07. The van der Waals surface area contributed by atoms with E-state index in [2.05, 4.69) is 45.1 Å². The van der Waals surface area contributed by atoms with Crippen molar-refractivity contribution in [3.8, 4) is 0 Å². The number of hydrogen-bond donors (Lipinski definition) is 0. The predicted octanol–water partition coefficient (Wildman–Crippen LogP) is 3.25. The molecule has 1 aromatic rings. The average Bonchev–Trinajstić information content (AvgIpc) is 2.86. The standard InChI is InChI=1S/C15H20BrNO/c1-12(11-16)15(18)17-9-5-8-14(17)10-13-6-3-2-4-7-13/h2-4,6-7,12,14H,5,8-11H2,1H3. The van der Waals surface area contributed by atoms with Crippen LogP contribution in [0.5, 0.6) is 0 Å². The van der Waals surface area contributed by atoms with Crippen molar-refractivity contribution in [2.45, 2.75) is 32.2 Å². The van der Waals surface area contributed by atoms with Crippen LogP contribution in [0.15, 0.2) is 30.3 Å². The highest BCUT2D eigenvalue weighted by Gasteiger charge is 2.30. The number of carbonyl (C=O) groups is 1. The van der Waals surface area contributed by atoms with E-state index in [1.54, 1.807) is 0 Å². The maximum atomic E-state index is 12.3. The van der Waals surface area contributed by atoms with Crippen LogP contribution in [-0.4, -0.2) is 28.7 Å². The number of rotatable bonds is 4. The normalized spacial score (nSPS) is 21.0. The van der Waals surface area contributed by atoms with Gasteiger partial charge in [-0.25, -0.2) is 0 Å². The molecular weight excluding hydrogens is 290 g/mol. The molecule has 2 rings (SSSR count). The Balaban J connectivity index is 2.02. The maximum absolute atomic E-state index is 12.3. The SMILES string of the molecule is CC(CBr)C(=O)N1CCCC1Cc1ccccc1. The molecule has 0 spiro atoms. The summed E-state index contributed by atoms with van der Waals surface area (Å²) >= 11 is 3.40. The van der Waals surface area contributed by atoms with Crippen molar-refractivity contribution in [1.29, 1.82) is 0 Å². The minimum atomic E-state index is 0.0846. The van der Waals surface area contributed by atoms with E-state index in [-0.39, 0.29) is 5.92 Å². The summed E-state index contributed by atoms with van der Waals surface area (Å²) < 4.78 is 0. The van der Waals surface area contributed by atoms with Crippen LogP contribution in [0.25, 0.3) is 0 Å². The van der Waals surface area contributed by atoms with Gasteiger partial charge in [-0.15, -0.1) is 0 Å². The van der Waals surface area contributed by atoms with Crippen LogP contribution in [0, 0.1) is 5.92 Å². The molecule has 98 valence electrons. The van der Waals surface area contributed by atoms with Crippen LogP contribution in [-0.2, 0) is 11.2 Å². The Morgan fingerprint density at radius 2 is 2.17 bits per heavy atom. The van der Waals surface area contributed by atoms with Crippen LogP contribution < -0.4 is 0 Å². The highest BCUT2D eigenvalue weighted by Crippen LogP contribution is 2.23. The maximum Gasteiger partial charge on any atom is 0.226 e. The van der Waals surface area contributed by atoms with Crippen molar-refractivity contribution < 1.29 is 4.79 Å². The third-order valence-electron chi connectivity index (χ3n) is 3.63. The van der Waals surface area contributed by atoms with Crippen molar-refractivity contribution in [3.63, 3.8) is 0 Å². The first kappa shape index (κ1) is 13.6. The molecule has 0 bridgehead atoms. The number of alkyl halides is 1. The molecule has 1 heterocycles. The van der Waals surface area contributed by atoms with Gasteiger partial charge in [0, 0.05) is 23.8 Å². The van der Waals surface area contributed by atoms with E-state index < -0.39 is 0 Å². The second-order valence-corrected chi connectivity index (χ2v) is 5.72. The molecule has 2 atom stereocenters. The Morgan fingerprint density at radius 1 is 1.44 bits per heavy atom. The van der Waals surface area contributed by atoms with E-state index in [1.165, 1.54) is 5.56 Å². The molecule has 1 aliphatic heterocycles. The molecule has 0 saturated carbocycles. The fraction of sp³-hybridized carbons (Fsp3) is 0.533. The Kier molecular flexibility index (Phi) is 4.81. The van der Waals surface area contributed by atoms with Gasteiger partial charge in [-0.2, -0.15) is 0 Å². The summed E-state index contributed by atoms with van der Waals surface area (Å²) in [6.45, 7) is 2.92. The smallest absolute Gasteiger partial charge is 0.226 e. The quantitative estimate of drug-likeness (QED) is 0.782. The summed E-state index contributed by atoms with van der Waals surface area (Å²) in [6, 6.07) is 10.9. The van der Waals surface area contributed by atoms with Gasteiger partial charge < -0.3 is 4.90 Å². The summed E-state index contributed by atoms with van der Waals surface area (Å²) in [5, 5.41) is 0.750. The zero-order chi connectivity index (χ0) is 13.0. The first-order valence-electron chi connectivity index (χ1n) is 6.62. The van der Waals surface area contributed by atoms with E-state index >= 15 is 0 Å². The Hall–Kier alpha value is -0.830. The van der Waals surface area contributed by atoms with Crippen LogP contribution >= 0.6 is 15.9 Å². The van der Waals surface area contributed by atoms with Crippen LogP contribution in [0.4, 0.5) is 0 Å². The summed E-state index contributed by atoms with van der Waals surface area (Å²) in [6.07, 6.45) is 3.26. The first-order valence-corrected chi connectivity index (χ1v) is 7.75. The number of carbonyl (C=O) groups excluding carboxylic acids is 1. The number of halogens is 1. The lowest BCUT2D eigenvalue weighted by Gasteiger charge is -2.27. The van der Waals surface area contributed by atoms with Crippen LogP contribution in [0.2, 0.25) is 0 Å². The zero-order valence-corrected chi connectivity index (χ0v) is 12.4. The summed E-state index contributed by atoms with van der Waals surface area (Å²) in [4.78, 5) is 14.4. The lowest BCUT2D eigenvalue weighted by Crippen LogP contribution is -2.40. The van der Waals surface area contributed by atoms with Crippen LogP contribution in [0.1, 0.15) is 25.3 Å². The molecule has 1 amide bonds. The Bertz CT molecular complexity index is 393. The van der Waals surface area contributed by atoms with E-state index in [0.717, 1.165) is 31.1 Å². The number of nitrogens with zero attached hydrogens (tertiary/aromatic N) is 1. The Morgan fingerprint density at radius 3 is 2.83 bits per heavy atom. The molecule has 0 aliphatic carbocycles. The minimum Gasteiger partial charge on any atom is -0.339 e. The van der Waals surface area contributed by atoms with Gasteiger partial charge in [-0.05, 0) is 24.8 Å². The van der Waals surface area contributed by atoms with Gasteiger partial charge in [0.25, 0.3) is 0 Å². The number of benzene rings is 1. The summed E-state index contributed by atoms with van der Waals surface area (Å²) in [5.41, 5.74) is 1.33. The van der Waals surface area contributed by atoms with E-state index in [1.807, 2.05) is 13.0 Å². The molecule has 0 radical (unpaired) electrons. The van der Waals surface area contributed by atoms with Gasteiger partial charge in [-0.3, -0.25) is 4.79 Å². The van der Waals surface area contributed by atoms with Gasteiger partial charge in [0.2, 0.25) is 5.91 Å². The highest BCUT2D eigenvalue weighted by molar-refractivity contribution is 9.09. The molecule has 18 heavy (non-hydrogen) atoms. The molecule has 2 unspecified atom stereocenters.